The average Bonchev–Trinajstić information content (AvgIpc) is 2.80. The van der Waals surface area contributed by atoms with Crippen molar-refractivity contribution in [2.75, 3.05) is 13.2 Å². The van der Waals surface area contributed by atoms with E-state index in [2.05, 4.69) is 47.6 Å². The van der Waals surface area contributed by atoms with Gasteiger partial charge in [-0.3, -0.25) is 20.4 Å². The van der Waals surface area contributed by atoms with E-state index in [0.29, 0.717) is 11.5 Å². The Morgan fingerprint density at radius 1 is 0.788 bits per heavy atom. The maximum atomic E-state index is 12.1. The first-order valence-electron chi connectivity index (χ1n) is 10.5. The molecule has 0 aliphatic rings. The Hall–Kier alpha value is -3.32. The summed E-state index contributed by atoms with van der Waals surface area (Å²) in [5.41, 5.74) is 7.69. The third-order valence-corrected chi connectivity index (χ3v) is 5.45. The van der Waals surface area contributed by atoms with Crippen LogP contribution in [0.4, 0.5) is 0 Å². The maximum absolute atomic E-state index is 12.1. The molecule has 0 unspecified atom stereocenters. The Bertz CT molecular complexity index is 1110. The van der Waals surface area contributed by atoms with Crippen molar-refractivity contribution in [2.24, 2.45) is 0 Å². The van der Waals surface area contributed by atoms with E-state index in [1.165, 1.54) is 0 Å². The fraction of sp³-hybridized carbons (Fsp3) is 0.231. The predicted molar refractivity (Wildman–Crippen MR) is 132 cm³/mol. The molecule has 2 amide bonds. The van der Waals surface area contributed by atoms with Crippen LogP contribution in [-0.4, -0.2) is 25.0 Å². The van der Waals surface area contributed by atoms with Gasteiger partial charge in [0.05, 0.1) is 4.47 Å². The number of ether oxygens (including phenoxy) is 2. The molecule has 0 heterocycles. The quantitative estimate of drug-likeness (QED) is 0.437. The molecule has 0 fully saturated rings. The lowest BCUT2D eigenvalue weighted by Crippen LogP contribution is -2.45. The van der Waals surface area contributed by atoms with Gasteiger partial charge in [0.1, 0.15) is 11.5 Å². The second-order valence-electron chi connectivity index (χ2n) is 8.43. The van der Waals surface area contributed by atoms with E-state index >= 15 is 0 Å². The second kappa shape index (κ2) is 11.0. The van der Waals surface area contributed by atoms with Gasteiger partial charge in [0, 0.05) is 5.56 Å². The largest absolute Gasteiger partial charge is 0.483 e. The van der Waals surface area contributed by atoms with Gasteiger partial charge in [0.25, 0.3) is 11.8 Å². The predicted octanol–water partition coefficient (Wildman–Crippen LogP) is 5.02. The summed E-state index contributed by atoms with van der Waals surface area (Å²) in [7, 11) is 0. The zero-order valence-corrected chi connectivity index (χ0v) is 20.4. The van der Waals surface area contributed by atoms with Crippen molar-refractivity contribution in [1.29, 1.82) is 0 Å². The standard InChI is InChI=1S/C26H27BrN2O4/c1-26(2,3)19-13-14-23(21(27)15-19)33-17-25(31)29-28-24(30)16-32-22-12-8-7-11-20(22)18-9-5-4-6-10-18/h4-15H,16-17H2,1-3H3,(H,28,30)(H,29,31). The van der Waals surface area contributed by atoms with Crippen molar-refractivity contribution < 1.29 is 19.1 Å². The van der Waals surface area contributed by atoms with Gasteiger partial charge < -0.3 is 9.47 Å². The van der Waals surface area contributed by atoms with E-state index in [1.54, 1.807) is 6.07 Å². The second-order valence-corrected chi connectivity index (χ2v) is 9.29. The zero-order chi connectivity index (χ0) is 23.8. The van der Waals surface area contributed by atoms with Crippen LogP contribution in [0.1, 0.15) is 26.3 Å². The van der Waals surface area contributed by atoms with E-state index < -0.39 is 11.8 Å². The van der Waals surface area contributed by atoms with E-state index in [0.717, 1.165) is 21.2 Å². The normalized spacial score (nSPS) is 10.9. The van der Waals surface area contributed by atoms with Crippen molar-refractivity contribution in [3.63, 3.8) is 0 Å². The molecule has 3 aromatic rings. The van der Waals surface area contributed by atoms with Gasteiger partial charge in [-0.2, -0.15) is 0 Å². The Labute approximate surface area is 202 Å². The molecule has 0 saturated heterocycles. The van der Waals surface area contributed by atoms with E-state index in [4.69, 9.17) is 9.47 Å². The first-order valence-corrected chi connectivity index (χ1v) is 11.3. The first-order chi connectivity index (χ1) is 15.7. The minimum atomic E-state index is -0.486. The maximum Gasteiger partial charge on any atom is 0.276 e. The van der Waals surface area contributed by atoms with E-state index in [9.17, 15) is 9.59 Å². The molecule has 172 valence electrons. The summed E-state index contributed by atoms with van der Waals surface area (Å²) in [4.78, 5) is 24.2. The molecule has 33 heavy (non-hydrogen) atoms. The molecule has 2 N–H and O–H groups in total. The fourth-order valence-electron chi connectivity index (χ4n) is 3.03. The third kappa shape index (κ3) is 7.08. The number of hydrogen-bond acceptors (Lipinski definition) is 4. The van der Waals surface area contributed by atoms with Crippen LogP contribution in [0.3, 0.4) is 0 Å². The fourth-order valence-corrected chi connectivity index (χ4v) is 3.52. The van der Waals surface area contributed by atoms with Gasteiger partial charge in [-0.25, -0.2) is 0 Å². The summed E-state index contributed by atoms with van der Waals surface area (Å²) in [5.74, 6) is 0.157. The Kier molecular flexibility index (Phi) is 8.11. The lowest BCUT2D eigenvalue weighted by atomic mass is 9.87. The molecule has 0 aliphatic heterocycles. The van der Waals surface area contributed by atoms with Crippen LogP contribution < -0.4 is 20.3 Å². The smallest absolute Gasteiger partial charge is 0.276 e. The molecule has 0 spiro atoms. The van der Waals surface area contributed by atoms with Gasteiger partial charge in [0.15, 0.2) is 13.2 Å². The molecule has 0 atom stereocenters. The topological polar surface area (TPSA) is 76.7 Å². The first kappa shape index (κ1) is 24.3. The Balaban J connectivity index is 1.46. The van der Waals surface area contributed by atoms with Gasteiger partial charge >= 0.3 is 0 Å². The third-order valence-electron chi connectivity index (χ3n) is 4.83. The highest BCUT2D eigenvalue weighted by atomic mass is 79.9. The molecule has 3 rings (SSSR count). The molecule has 0 bridgehead atoms. The Morgan fingerprint density at radius 3 is 1.97 bits per heavy atom. The molecular weight excluding hydrogens is 484 g/mol. The molecule has 3 aromatic carbocycles. The van der Waals surface area contributed by atoms with Crippen LogP contribution in [0.15, 0.2) is 77.3 Å². The average molecular weight is 511 g/mol. The highest BCUT2D eigenvalue weighted by molar-refractivity contribution is 9.10. The van der Waals surface area contributed by atoms with Gasteiger partial charge in [-0.05, 0) is 50.7 Å². The Morgan fingerprint density at radius 2 is 1.36 bits per heavy atom. The lowest BCUT2D eigenvalue weighted by molar-refractivity contribution is -0.131. The molecule has 7 heteroatoms. The molecular formula is C26H27BrN2O4. The number of carbonyl (C=O) groups is 2. The van der Waals surface area contributed by atoms with E-state index in [-0.39, 0.29) is 18.6 Å². The number of hydrazine groups is 1. The summed E-state index contributed by atoms with van der Waals surface area (Å²) in [6.07, 6.45) is 0. The minimum absolute atomic E-state index is 0.00634. The van der Waals surface area contributed by atoms with Crippen LogP contribution in [-0.2, 0) is 15.0 Å². The molecule has 0 aromatic heterocycles. The molecule has 6 nitrogen and oxygen atoms in total. The summed E-state index contributed by atoms with van der Waals surface area (Å²) in [6.45, 7) is 5.87. The number of benzene rings is 3. The van der Waals surface area contributed by atoms with Gasteiger partial charge in [-0.15, -0.1) is 0 Å². The highest BCUT2D eigenvalue weighted by Crippen LogP contribution is 2.31. The summed E-state index contributed by atoms with van der Waals surface area (Å²) in [6, 6.07) is 23.0. The number of rotatable bonds is 7. The number of carbonyl (C=O) groups excluding carboxylic acids is 2. The van der Waals surface area contributed by atoms with Crippen LogP contribution in [0.5, 0.6) is 11.5 Å². The van der Waals surface area contributed by atoms with Crippen molar-refractivity contribution in [1.82, 2.24) is 10.9 Å². The van der Waals surface area contributed by atoms with Crippen molar-refractivity contribution in [3.05, 3.63) is 82.8 Å². The summed E-state index contributed by atoms with van der Waals surface area (Å²) >= 11 is 3.47. The van der Waals surface area contributed by atoms with Crippen LogP contribution in [0, 0.1) is 0 Å². The van der Waals surface area contributed by atoms with Crippen LogP contribution >= 0.6 is 15.9 Å². The van der Waals surface area contributed by atoms with Crippen molar-refractivity contribution >= 4 is 27.7 Å². The number of halogens is 1. The minimum Gasteiger partial charge on any atom is -0.483 e. The van der Waals surface area contributed by atoms with Gasteiger partial charge in [-0.1, -0.05) is 75.4 Å². The SMILES string of the molecule is CC(C)(C)c1ccc(OCC(=O)NNC(=O)COc2ccccc2-c2ccccc2)c(Br)c1. The monoisotopic (exact) mass is 510 g/mol. The number of nitrogens with one attached hydrogen (secondary N) is 2. The highest BCUT2D eigenvalue weighted by Gasteiger charge is 2.16. The number of para-hydroxylation sites is 1. The van der Waals surface area contributed by atoms with Crippen LogP contribution in [0.2, 0.25) is 0 Å². The summed E-state index contributed by atoms with van der Waals surface area (Å²) in [5, 5.41) is 0. The van der Waals surface area contributed by atoms with Crippen molar-refractivity contribution in [3.8, 4) is 22.6 Å². The van der Waals surface area contributed by atoms with Crippen LogP contribution in [0.25, 0.3) is 11.1 Å². The van der Waals surface area contributed by atoms with Crippen molar-refractivity contribution in [2.45, 2.75) is 26.2 Å². The van der Waals surface area contributed by atoms with E-state index in [1.807, 2.05) is 66.7 Å². The lowest BCUT2D eigenvalue weighted by Gasteiger charge is -2.20. The molecule has 0 aliphatic carbocycles. The number of amides is 2. The summed E-state index contributed by atoms with van der Waals surface area (Å²) < 4.78 is 12.0. The molecule has 0 radical (unpaired) electrons. The number of hydrogen-bond donors (Lipinski definition) is 2. The molecule has 0 saturated carbocycles. The zero-order valence-electron chi connectivity index (χ0n) is 18.9. The van der Waals surface area contributed by atoms with Gasteiger partial charge in [0.2, 0.25) is 0 Å².